The van der Waals surface area contributed by atoms with Gasteiger partial charge in [0.25, 0.3) is 0 Å². The van der Waals surface area contributed by atoms with E-state index >= 15 is 0 Å². The lowest BCUT2D eigenvalue weighted by molar-refractivity contribution is -0.127. The van der Waals surface area contributed by atoms with Gasteiger partial charge < -0.3 is 15.5 Å². The third-order valence-electron chi connectivity index (χ3n) is 4.26. The maximum atomic E-state index is 12.4. The number of anilines is 1. The zero-order valence-corrected chi connectivity index (χ0v) is 16.5. The number of likely N-dealkylation sites (N-methyl/N-ethyl adjacent to an activating group) is 1. The first-order valence-electron chi connectivity index (χ1n) is 8.21. The van der Waals surface area contributed by atoms with Gasteiger partial charge in [0, 0.05) is 25.7 Å². The van der Waals surface area contributed by atoms with E-state index in [4.69, 9.17) is 5.73 Å². The summed E-state index contributed by atoms with van der Waals surface area (Å²) in [7, 11) is 3.95. The zero-order chi connectivity index (χ0) is 18.0. The van der Waals surface area contributed by atoms with Crippen LogP contribution >= 0.6 is 22.6 Å². The fraction of sp³-hybridized carbons (Fsp3) is 0.500. The molecule has 134 valence electrons. The first kappa shape index (κ1) is 18.1. The smallest absolute Gasteiger partial charge is 0.246 e. The van der Waals surface area contributed by atoms with Gasteiger partial charge in [-0.3, -0.25) is 4.79 Å². The molecule has 1 saturated heterocycles. The zero-order valence-electron chi connectivity index (χ0n) is 14.4. The molecule has 1 aliphatic rings. The van der Waals surface area contributed by atoms with E-state index in [0.29, 0.717) is 12.4 Å². The van der Waals surface area contributed by atoms with E-state index in [1.54, 1.807) is 6.08 Å². The number of hydrogen-bond donors (Lipinski definition) is 1. The summed E-state index contributed by atoms with van der Waals surface area (Å²) < 4.78 is 2.69. The summed E-state index contributed by atoms with van der Waals surface area (Å²) >= 11 is 2.16. The van der Waals surface area contributed by atoms with Crippen LogP contribution in [0.2, 0.25) is 0 Å². The fourth-order valence-corrected chi connectivity index (χ4v) is 3.78. The van der Waals surface area contributed by atoms with E-state index < -0.39 is 0 Å². The Labute approximate surface area is 160 Å². The number of likely N-dealkylation sites (tertiary alicyclic amines) is 1. The van der Waals surface area contributed by atoms with Crippen molar-refractivity contribution < 1.29 is 4.79 Å². The van der Waals surface area contributed by atoms with Crippen LogP contribution < -0.4 is 5.73 Å². The van der Waals surface area contributed by atoms with Crippen LogP contribution in [0.3, 0.4) is 0 Å². The number of carbonyl (C=O) groups excluding carboxylic acids is 1. The largest absolute Gasteiger partial charge is 0.383 e. The minimum atomic E-state index is 0.0480. The van der Waals surface area contributed by atoms with Gasteiger partial charge in [0.2, 0.25) is 5.91 Å². The predicted molar refractivity (Wildman–Crippen MR) is 105 cm³/mol. The molecule has 0 saturated carbocycles. The summed E-state index contributed by atoms with van der Waals surface area (Å²) in [6.07, 6.45) is 6.92. The SMILES string of the molecule is CN(C)C/C=C/C(=O)N1CCCC(n2nc(I)c3c(N)ncnc32)C1. The molecule has 1 unspecified atom stereocenters. The standard InChI is InChI=1S/C16H22IN7O/c1-22(2)7-4-6-12(25)23-8-3-5-11(9-23)24-16-13(14(17)21-24)15(18)19-10-20-16/h4,6,10-11H,3,5,7-9H2,1-2H3,(H2,18,19,20)/b6-4+. The average molecular weight is 455 g/mol. The summed E-state index contributed by atoms with van der Waals surface area (Å²) in [5, 5.41) is 5.40. The van der Waals surface area contributed by atoms with Crippen LogP contribution in [0.5, 0.6) is 0 Å². The van der Waals surface area contributed by atoms with Crippen LogP contribution in [0.15, 0.2) is 18.5 Å². The maximum Gasteiger partial charge on any atom is 0.246 e. The molecule has 1 fully saturated rings. The lowest BCUT2D eigenvalue weighted by Crippen LogP contribution is -2.40. The van der Waals surface area contributed by atoms with Gasteiger partial charge in [-0.15, -0.1) is 0 Å². The molecular weight excluding hydrogens is 433 g/mol. The molecule has 2 aromatic rings. The highest BCUT2D eigenvalue weighted by Gasteiger charge is 2.27. The second kappa shape index (κ2) is 7.65. The monoisotopic (exact) mass is 455 g/mol. The maximum absolute atomic E-state index is 12.4. The van der Waals surface area contributed by atoms with E-state index in [2.05, 4.69) is 37.7 Å². The molecule has 3 heterocycles. The number of hydrogen-bond acceptors (Lipinski definition) is 6. The molecule has 1 amide bonds. The van der Waals surface area contributed by atoms with E-state index in [-0.39, 0.29) is 11.9 Å². The molecule has 1 atom stereocenters. The van der Waals surface area contributed by atoms with Gasteiger partial charge in [-0.1, -0.05) is 6.08 Å². The van der Waals surface area contributed by atoms with Crippen molar-refractivity contribution in [3.05, 3.63) is 22.2 Å². The highest BCUT2D eigenvalue weighted by atomic mass is 127. The highest BCUT2D eigenvalue weighted by molar-refractivity contribution is 14.1. The number of carbonyl (C=O) groups is 1. The normalized spacial score (nSPS) is 18.6. The van der Waals surface area contributed by atoms with Gasteiger partial charge in [-0.05, 0) is 49.5 Å². The number of amides is 1. The molecule has 1 aliphatic heterocycles. The number of piperidine rings is 1. The Morgan fingerprint density at radius 1 is 1.48 bits per heavy atom. The molecule has 0 aliphatic carbocycles. The number of nitrogen functional groups attached to an aromatic ring is 1. The molecule has 3 rings (SSSR count). The lowest BCUT2D eigenvalue weighted by Gasteiger charge is -2.32. The number of fused-ring (bicyclic) bond motifs is 1. The Kier molecular flexibility index (Phi) is 5.52. The van der Waals surface area contributed by atoms with Crippen molar-refractivity contribution in [2.24, 2.45) is 0 Å². The van der Waals surface area contributed by atoms with Crippen molar-refractivity contribution in [2.45, 2.75) is 18.9 Å². The van der Waals surface area contributed by atoms with Crippen LogP contribution in [0, 0.1) is 3.70 Å². The Hall–Kier alpha value is -1.75. The lowest BCUT2D eigenvalue weighted by atomic mass is 10.1. The first-order valence-corrected chi connectivity index (χ1v) is 9.29. The third-order valence-corrected chi connectivity index (χ3v) is 5.02. The number of halogens is 1. The molecule has 2 aromatic heterocycles. The average Bonchev–Trinajstić information content (AvgIpc) is 2.93. The van der Waals surface area contributed by atoms with Crippen molar-refractivity contribution in [2.75, 3.05) is 39.5 Å². The summed E-state index contributed by atoms with van der Waals surface area (Å²) in [6.45, 7) is 2.15. The Bertz CT molecular complexity index is 801. The third kappa shape index (κ3) is 3.92. The Balaban J connectivity index is 1.79. The van der Waals surface area contributed by atoms with E-state index in [9.17, 15) is 4.79 Å². The minimum Gasteiger partial charge on any atom is -0.383 e. The predicted octanol–water partition coefficient (Wildman–Crippen LogP) is 1.29. The van der Waals surface area contributed by atoms with Gasteiger partial charge in [0.1, 0.15) is 15.8 Å². The molecular formula is C16H22IN7O. The molecule has 0 spiro atoms. The highest BCUT2D eigenvalue weighted by Crippen LogP contribution is 2.29. The van der Waals surface area contributed by atoms with Crippen LogP contribution in [0.25, 0.3) is 11.0 Å². The molecule has 25 heavy (non-hydrogen) atoms. The number of nitrogens with zero attached hydrogens (tertiary/aromatic N) is 6. The van der Waals surface area contributed by atoms with E-state index in [1.165, 1.54) is 6.33 Å². The van der Waals surface area contributed by atoms with Crippen molar-refractivity contribution in [3.8, 4) is 0 Å². The van der Waals surface area contributed by atoms with Crippen LogP contribution in [-0.4, -0.2) is 69.2 Å². The number of rotatable bonds is 4. The van der Waals surface area contributed by atoms with Gasteiger partial charge in [0.05, 0.1) is 11.4 Å². The summed E-state index contributed by atoms with van der Waals surface area (Å²) in [6, 6.07) is 0.0975. The molecule has 0 bridgehead atoms. The van der Waals surface area contributed by atoms with Crippen LogP contribution in [0.1, 0.15) is 18.9 Å². The number of nitrogens with two attached hydrogens (primary N) is 1. The molecule has 9 heteroatoms. The van der Waals surface area contributed by atoms with Gasteiger partial charge in [-0.2, -0.15) is 5.10 Å². The van der Waals surface area contributed by atoms with E-state index in [0.717, 1.165) is 40.7 Å². The van der Waals surface area contributed by atoms with Crippen molar-refractivity contribution >= 4 is 45.3 Å². The van der Waals surface area contributed by atoms with Gasteiger partial charge in [0.15, 0.2) is 5.65 Å². The summed E-state index contributed by atoms with van der Waals surface area (Å²) in [5.41, 5.74) is 6.70. The molecule has 8 nitrogen and oxygen atoms in total. The molecule has 2 N–H and O–H groups in total. The topological polar surface area (TPSA) is 93.2 Å². The van der Waals surface area contributed by atoms with Crippen LogP contribution in [-0.2, 0) is 4.79 Å². The molecule has 0 radical (unpaired) electrons. The molecule has 0 aromatic carbocycles. The second-order valence-electron chi connectivity index (χ2n) is 6.44. The minimum absolute atomic E-state index is 0.0480. The van der Waals surface area contributed by atoms with Crippen molar-refractivity contribution in [1.29, 1.82) is 0 Å². The fourth-order valence-electron chi connectivity index (χ4n) is 3.03. The Morgan fingerprint density at radius 3 is 3.04 bits per heavy atom. The van der Waals surface area contributed by atoms with Gasteiger partial charge >= 0.3 is 0 Å². The second-order valence-corrected chi connectivity index (χ2v) is 7.46. The Morgan fingerprint density at radius 2 is 2.28 bits per heavy atom. The summed E-state index contributed by atoms with van der Waals surface area (Å²) in [4.78, 5) is 24.7. The van der Waals surface area contributed by atoms with E-state index in [1.807, 2.05) is 34.7 Å². The number of aromatic nitrogens is 4. The van der Waals surface area contributed by atoms with Gasteiger partial charge in [-0.25, -0.2) is 14.6 Å². The first-order chi connectivity index (χ1) is 12.0. The van der Waals surface area contributed by atoms with Crippen molar-refractivity contribution in [3.63, 3.8) is 0 Å². The summed E-state index contributed by atoms with van der Waals surface area (Å²) in [5.74, 6) is 0.489. The van der Waals surface area contributed by atoms with Crippen LogP contribution in [0.4, 0.5) is 5.82 Å². The quantitative estimate of drug-likeness (QED) is 0.552. The van der Waals surface area contributed by atoms with Crippen molar-refractivity contribution in [1.82, 2.24) is 29.5 Å².